The average Bonchev–Trinajstić information content (AvgIpc) is 1.65. The summed E-state index contributed by atoms with van der Waals surface area (Å²) in [5.74, 6) is -2.27. The molecule has 0 fully saturated rings. The number of hydrogen-bond acceptors (Lipinski definition) is 19. The maximum Gasteiger partial charge on any atom is 0.208 e. The van der Waals surface area contributed by atoms with E-state index >= 15 is 0 Å². The van der Waals surface area contributed by atoms with Gasteiger partial charge in [-0.05, 0) is 126 Å². The predicted octanol–water partition coefficient (Wildman–Crippen LogP) is 21.0. The third-order valence-electron chi connectivity index (χ3n) is 20.7. The molecule has 2 unspecified atom stereocenters. The van der Waals surface area contributed by atoms with Crippen LogP contribution in [0.1, 0.15) is 99.6 Å². The van der Waals surface area contributed by atoms with Crippen molar-refractivity contribution in [2.75, 3.05) is 31.0 Å². The van der Waals surface area contributed by atoms with E-state index in [4.69, 9.17) is 69.7 Å². The number of sulfone groups is 3. The van der Waals surface area contributed by atoms with Gasteiger partial charge >= 0.3 is 0 Å². The van der Waals surface area contributed by atoms with Crippen LogP contribution in [0.3, 0.4) is 0 Å². The molecule has 1 aromatic heterocycles. The number of benzene rings is 9. The quantitative estimate of drug-likeness (QED) is 0.0460. The van der Waals surface area contributed by atoms with Crippen molar-refractivity contribution in [1.82, 2.24) is 4.98 Å². The first-order valence-corrected chi connectivity index (χ1v) is 46.9. The van der Waals surface area contributed by atoms with Crippen molar-refractivity contribution in [2.45, 2.75) is 131 Å². The van der Waals surface area contributed by atoms with Crippen molar-refractivity contribution < 1.29 is 117 Å². The number of halogens is 10. The molecule has 41 heteroatoms. The van der Waals surface area contributed by atoms with Crippen LogP contribution in [-0.4, -0.2) is 116 Å². The molecule has 0 radical (unpaired) electrons. The number of ether oxygens (including phenoxy) is 5. The summed E-state index contributed by atoms with van der Waals surface area (Å²) >= 11 is 0. The molecule has 0 saturated carbocycles. The van der Waals surface area contributed by atoms with Gasteiger partial charge in [-0.15, -0.1) is 9.91 Å². The highest BCUT2D eigenvalue weighted by molar-refractivity contribution is 7.93. The predicted molar refractivity (Wildman–Crippen MR) is 451 cm³/mol. The Morgan fingerprint density at radius 1 is 0.357 bits per heavy atom. The minimum Gasteiger partial charge on any atom is -0.458 e. The van der Waals surface area contributed by atoms with Crippen molar-refractivity contribution >= 4 is 77.4 Å². The normalized spacial score (nSPS) is 19.6. The Morgan fingerprint density at radius 2 is 0.620 bits per heavy atom. The first-order valence-electron chi connectivity index (χ1n) is 37.6. The van der Waals surface area contributed by atoms with Crippen LogP contribution in [0.25, 0.3) is 34.1 Å². The number of nitrogens with zero attached hydrogens (tertiary/aromatic N) is 10. The Hall–Kier alpha value is -13.5. The summed E-state index contributed by atoms with van der Waals surface area (Å²) in [6.45, 7) is 51.8. The van der Waals surface area contributed by atoms with Gasteiger partial charge in [-0.2, -0.15) is 13.1 Å². The first-order chi connectivity index (χ1) is 60.8. The number of fused-ring (bicyclic) bond motifs is 5. The molecule has 10 aromatic rings. The van der Waals surface area contributed by atoms with Crippen LogP contribution < -0.4 is 23.7 Å². The number of pyridine rings is 1. The second kappa shape index (κ2) is 39.0. The Kier molecular flexibility index (Phi) is 29.1. The summed E-state index contributed by atoms with van der Waals surface area (Å²) in [7, 11) is -17.6. The number of aliphatic hydroxyl groups excluding tert-OH is 3. The Balaban J connectivity index is 0.000000156. The van der Waals surface area contributed by atoms with Gasteiger partial charge in [0.05, 0.1) is 63.5 Å². The molecular formula is C88H68F10N10O16S5. The summed E-state index contributed by atoms with van der Waals surface area (Å²) in [4.78, 5) is 25.1. The van der Waals surface area contributed by atoms with Gasteiger partial charge in [0.25, 0.3) is 0 Å². The van der Waals surface area contributed by atoms with Gasteiger partial charge in [0, 0.05) is 144 Å². The lowest BCUT2D eigenvalue weighted by molar-refractivity contribution is 0.0907. The van der Waals surface area contributed by atoms with Crippen LogP contribution in [-0.2, 0) is 81.1 Å². The number of aliphatic hydroxyl groups is 3. The Bertz CT molecular complexity index is 7020. The minimum absolute atomic E-state index is 0.0111. The standard InChI is InChI=1S/C19H15F2N3O2S.C18H12F3N3O3S.C18H15F2NO3S.C17H13F2NO4S.C16H13FN2O4S/c1-11-16(21)10-15-17(26-14-8-12(20)7-13(9-14)22-2)5-6-18(19(11)15)27(4,25)24-23-3;1-22-11-5-10(20)6-12(7-11)27-15-3-4-16(28(26,9-19)24-23-2)17-13(15)8-14(21)18(17)25;1-10-15(20)9-14-16(4-5-17(18(10)14)25(3,22)23)24-13-7-11(19)6-12(8-13)21-2;1-20-10-5-9(18)6-11(7-10)24-14-3-4-15(25(2,22)23)16-12(14)8-13(19)17(16)21;1-18-9-5-10(8-19-7-9)23-13-3-4-14(24(2,21)22)15-11(13)6-12(17)16(15)20/h5-9,11,16H,10H2,1,4H3;3-7,14,18,25H,8-9H2;4-8,10,15H,9H2,1,3H3;3-7,13,17,21H,8H2,2H3;3-5,7-8,12,16,20H,6H2,2H3/t11-,16-,27?;14-,18-,28?;10-,15-;13-,17-;12-,16-/m11111/s1. The molecule has 3 N–H and O–H groups in total. The van der Waals surface area contributed by atoms with Crippen molar-refractivity contribution in [3.8, 4) is 57.5 Å². The van der Waals surface area contributed by atoms with E-state index in [1.54, 1.807) is 13.8 Å². The van der Waals surface area contributed by atoms with E-state index in [0.29, 0.717) is 38.5 Å². The van der Waals surface area contributed by atoms with Gasteiger partial charge in [-0.25, -0.2) is 102 Å². The smallest absolute Gasteiger partial charge is 0.208 e. The van der Waals surface area contributed by atoms with Crippen molar-refractivity contribution in [3.63, 3.8) is 0 Å². The summed E-state index contributed by atoms with van der Waals surface area (Å²) in [6, 6.07) is 27.4. The Labute approximate surface area is 734 Å². The zero-order valence-electron chi connectivity index (χ0n) is 67.9. The van der Waals surface area contributed by atoms with Gasteiger partial charge < -0.3 is 39.0 Å². The van der Waals surface area contributed by atoms with Crippen LogP contribution >= 0.6 is 0 Å². The monoisotopic (exact) mass is 1870 g/mol. The zero-order chi connectivity index (χ0) is 94.4. The van der Waals surface area contributed by atoms with Crippen molar-refractivity contribution in [3.05, 3.63) is 311 Å². The van der Waals surface area contributed by atoms with E-state index < -0.39 is 139 Å². The van der Waals surface area contributed by atoms with Crippen molar-refractivity contribution in [2.24, 2.45) is 8.94 Å². The molecule has 1 heterocycles. The molecule has 5 aliphatic rings. The molecular weight excluding hydrogens is 1800 g/mol. The fourth-order valence-electron chi connectivity index (χ4n) is 14.9. The largest absolute Gasteiger partial charge is 0.458 e. The SMILES string of the molecule is [C-]#[N+]N=S(=O)(CF)c1ccc(Oc2cc(F)cc([N+]#[C-])c2)c2c1[C@H](O)[C@H](F)C2.[C-]#[N+]N=S(C)(=O)c1ccc(Oc2cc(F)cc([N+]#[C-])c2)c2c1[C@H](C)[C@H](F)C2.[C-]#[N+]c1cc(F)cc(Oc2ccc(S(C)(=O)=O)c3c2C[C@@H](F)[C@H]3C)c1.[C-]#[N+]c1cc(F)cc(Oc2ccc(S(C)(=O)=O)c3c2C[C@@H](F)[C@H]3O)c1.[C-]#[N+]c1cncc(Oc2ccc(S(C)(=O)=O)c3c2C[C@@H](F)[C@H]3O)c1. The van der Waals surface area contributed by atoms with Crippen LogP contribution in [0.4, 0.5) is 72.3 Å². The van der Waals surface area contributed by atoms with E-state index in [1.807, 2.05) is 0 Å². The van der Waals surface area contributed by atoms with Gasteiger partial charge in [0.2, 0.25) is 5.69 Å². The molecule has 129 heavy (non-hydrogen) atoms. The number of hydrogen-bond donors (Lipinski definition) is 3. The molecule has 0 amide bonds. The molecule has 26 nitrogen and oxygen atoms in total. The highest BCUT2D eigenvalue weighted by Crippen LogP contribution is 2.51. The Morgan fingerprint density at radius 3 is 0.922 bits per heavy atom. The lowest BCUT2D eigenvalue weighted by Gasteiger charge is -2.16. The van der Waals surface area contributed by atoms with E-state index in [1.165, 1.54) is 104 Å². The highest BCUT2D eigenvalue weighted by Gasteiger charge is 2.43. The number of rotatable bonds is 16. The molecule has 0 saturated heterocycles. The lowest BCUT2D eigenvalue weighted by Crippen LogP contribution is -2.11. The summed E-state index contributed by atoms with van der Waals surface area (Å²) in [5, 5.41) is 30.2. The molecule has 0 aliphatic heterocycles. The third-order valence-corrected chi connectivity index (χ3v) is 27.4. The van der Waals surface area contributed by atoms with E-state index in [9.17, 15) is 92.9 Å². The van der Waals surface area contributed by atoms with Crippen LogP contribution in [0.5, 0.6) is 57.5 Å². The molecule has 9 aromatic carbocycles. The van der Waals surface area contributed by atoms with Gasteiger partial charge in [-0.3, -0.25) is 4.98 Å². The second-order valence-corrected chi connectivity index (χ2v) is 39.8. The van der Waals surface area contributed by atoms with Gasteiger partial charge in [0.15, 0.2) is 82.2 Å². The van der Waals surface area contributed by atoms with Crippen LogP contribution in [0.15, 0.2) is 185 Å². The molecule has 5 aliphatic carbocycles. The summed E-state index contributed by atoms with van der Waals surface area (Å²) in [6.07, 6.45) is -5.67. The lowest BCUT2D eigenvalue weighted by atomic mass is 10.0. The average molecular weight is 1870 g/mol. The zero-order valence-corrected chi connectivity index (χ0v) is 72.0. The highest BCUT2D eigenvalue weighted by atomic mass is 32.2. The minimum atomic E-state index is -3.82. The number of aromatic nitrogens is 1. The second-order valence-electron chi connectivity index (χ2n) is 29.5. The van der Waals surface area contributed by atoms with E-state index in [-0.39, 0.29) is 160 Å². The molecule has 0 spiro atoms. The third kappa shape index (κ3) is 21.4. The fraction of sp³-hybridized carbons (Fsp3) is 0.250. The molecule has 12 atom stereocenters. The molecule has 0 bridgehead atoms. The summed E-state index contributed by atoms with van der Waals surface area (Å²) < 4.78 is 270. The van der Waals surface area contributed by atoms with Crippen LogP contribution in [0.2, 0.25) is 0 Å². The van der Waals surface area contributed by atoms with Crippen molar-refractivity contribution in [1.29, 1.82) is 0 Å². The maximum atomic E-state index is 14.4. The maximum absolute atomic E-state index is 14.4. The molecule has 666 valence electrons. The fourth-order valence-corrected chi connectivity index (χ4v) is 20.4. The van der Waals surface area contributed by atoms with Gasteiger partial charge in [0.1, 0.15) is 134 Å². The van der Waals surface area contributed by atoms with Crippen LogP contribution in [0, 0.1) is 69.3 Å². The summed E-state index contributed by atoms with van der Waals surface area (Å²) in [5.41, 5.74) is 2.89. The first kappa shape index (κ1) is 96.1. The van der Waals surface area contributed by atoms with Gasteiger partial charge in [-0.1, -0.05) is 13.8 Å². The van der Waals surface area contributed by atoms with E-state index in [0.717, 1.165) is 73.4 Å². The topological polar surface area (TPSA) is 312 Å². The molecule has 15 rings (SSSR count). The number of alkyl halides is 6. The van der Waals surface area contributed by atoms with E-state index in [2.05, 4.69) is 48.1 Å².